The molecule has 1 atom stereocenters. The van der Waals surface area contributed by atoms with E-state index < -0.39 is 10.8 Å². The predicted octanol–water partition coefficient (Wildman–Crippen LogP) is 2.55. The third-order valence-electron chi connectivity index (χ3n) is 2.23. The van der Waals surface area contributed by atoms with Gasteiger partial charge in [-0.3, -0.25) is 5.21 Å². The molecule has 0 aliphatic carbocycles. The van der Waals surface area contributed by atoms with Gasteiger partial charge in [0, 0.05) is 4.90 Å². The molecule has 88 valence electrons. The lowest BCUT2D eigenvalue weighted by atomic mass is 10.3. The highest BCUT2D eigenvalue weighted by Gasteiger charge is 2.11. The normalized spacial score (nSPS) is 12.1. The molecule has 5 heteroatoms. The Labute approximate surface area is 101 Å². The molecular weight excluding hydrogens is 238 g/mol. The number of hydrogen-bond donors (Lipinski definition) is 1. The topological polar surface area (TPSA) is 63.6 Å². The molecule has 0 spiro atoms. The maximum atomic E-state index is 12.2. The van der Waals surface area contributed by atoms with Crippen molar-refractivity contribution >= 4 is 16.5 Å². The molecule has 2 aromatic rings. The molecule has 2 aromatic carbocycles. The number of rotatable bonds is 3. The molecule has 0 aliphatic rings. The summed E-state index contributed by atoms with van der Waals surface area (Å²) in [6, 6.07) is 15.0. The van der Waals surface area contributed by atoms with Crippen LogP contribution < -0.4 is 5.23 Å². The van der Waals surface area contributed by atoms with Gasteiger partial charge in [-0.1, -0.05) is 30.3 Å². The quantitative estimate of drug-likeness (QED) is 0.848. The van der Waals surface area contributed by atoms with Crippen molar-refractivity contribution in [2.75, 3.05) is 5.23 Å². The van der Waals surface area contributed by atoms with Crippen molar-refractivity contribution < 1.29 is 9.42 Å². The Hall–Kier alpha value is -1.69. The van der Waals surface area contributed by atoms with E-state index in [9.17, 15) is 9.42 Å². The van der Waals surface area contributed by atoms with Gasteiger partial charge in [0.1, 0.15) is 0 Å². The highest BCUT2D eigenvalue weighted by Crippen LogP contribution is 2.25. The fourth-order valence-corrected chi connectivity index (χ4v) is 2.64. The van der Waals surface area contributed by atoms with Gasteiger partial charge in [-0.05, 0) is 24.3 Å². The summed E-state index contributed by atoms with van der Waals surface area (Å²) in [5.41, 5.74) is -0.00492. The fourth-order valence-electron chi connectivity index (χ4n) is 1.44. The molecule has 1 unspecified atom stereocenters. The molecule has 0 saturated carbocycles. The highest BCUT2D eigenvalue weighted by molar-refractivity contribution is 7.85. The van der Waals surface area contributed by atoms with Crippen LogP contribution in [0.3, 0.4) is 0 Å². The molecule has 2 rings (SSSR count). The lowest BCUT2D eigenvalue weighted by Crippen LogP contribution is -2.10. The summed E-state index contributed by atoms with van der Waals surface area (Å²) >= 11 is 0. The Morgan fingerprint density at radius 1 is 1.00 bits per heavy atom. The van der Waals surface area contributed by atoms with E-state index >= 15 is 0 Å². The molecule has 0 saturated heterocycles. The zero-order valence-electron chi connectivity index (χ0n) is 8.82. The lowest BCUT2D eigenvalue weighted by molar-refractivity contribution is 0.294. The first-order valence-corrected chi connectivity index (χ1v) is 6.07. The average molecular weight is 248 g/mol. The molecule has 0 aromatic heterocycles. The molecule has 0 amide bonds. The van der Waals surface area contributed by atoms with Crippen molar-refractivity contribution in [3.63, 3.8) is 0 Å². The fraction of sp³-hybridized carbons (Fsp3) is 0. The summed E-state index contributed by atoms with van der Waals surface area (Å²) < 4.78 is 12.2. The summed E-state index contributed by atoms with van der Waals surface area (Å²) in [7, 11) is -1.48. The van der Waals surface area contributed by atoms with Crippen molar-refractivity contribution in [3.8, 4) is 0 Å². The molecule has 0 heterocycles. The maximum Gasteiger partial charge on any atom is 0.0871 e. The summed E-state index contributed by atoms with van der Waals surface area (Å²) in [6.45, 7) is 0. The number of benzene rings is 2. The molecular formula is C12H10NO3S-. The number of hydrogen-bond acceptors (Lipinski definition) is 4. The minimum atomic E-state index is -1.48. The average Bonchev–Trinajstić information content (AvgIpc) is 2.39. The van der Waals surface area contributed by atoms with Gasteiger partial charge in [0.05, 0.1) is 21.4 Å². The second-order valence-electron chi connectivity index (χ2n) is 3.32. The zero-order chi connectivity index (χ0) is 12.3. The van der Waals surface area contributed by atoms with Crippen LogP contribution in [0.25, 0.3) is 0 Å². The van der Waals surface area contributed by atoms with Crippen LogP contribution in [0, 0.1) is 5.21 Å². The number of para-hydroxylation sites is 1. The van der Waals surface area contributed by atoms with Crippen molar-refractivity contribution in [3.05, 3.63) is 59.8 Å². The van der Waals surface area contributed by atoms with E-state index in [1.54, 1.807) is 42.5 Å². The van der Waals surface area contributed by atoms with Gasteiger partial charge in [-0.25, -0.2) is 4.21 Å². The Kier molecular flexibility index (Phi) is 3.53. The Balaban J connectivity index is 2.45. The molecule has 17 heavy (non-hydrogen) atoms. The van der Waals surface area contributed by atoms with Gasteiger partial charge in [0.2, 0.25) is 0 Å². The number of nitrogens with zero attached hydrogens (tertiary/aromatic N) is 1. The highest BCUT2D eigenvalue weighted by atomic mass is 32.2. The van der Waals surface area contributed by atoms with Gasteiger partial charge in [-0.2, -0.15) is 0 Å². The van der Waals surface area contributed by atoms with Crippen LogP contribution >= 0.6 is 0 Å². The summed E-state index contributed by atoms with van der Waals surface area (Å²) in [5, 5.41) is 19.6. The van der Waals surface area contributed by atoms with Crippen molar-refractivity contribution in [1.29, 1.82) is 0 Å². The predicted molar refractivity (Wildman–Crippen MR) is 65.2 cm³/mol. The molecule has 4 nitrogen and oxygen atoms in total. The Morgan fingerprint density at radius 2 is 1.59 bits per heavy atom. The van der Waals surface area contributed by atoms with E-state index in [2.05, 4.69) is 0 Å². The zero-order valence-corrected chi connectivity index (χ0v) is 9.63. The van der Waals surface area contributed by atoms with Crippen LogP contribution in [-0.2, 0) is 10.8 Å². The lowest BCUT2D eigenvalue weighted by Gasteiger charge is -2.23. The van der Waals surface area contributed by atoms with E-state index in [4.69, 9.17) is 5.21 Å². The van der Waals surface area contributed by atoms with E-state index in [0.29, 0.717) is 4.90 Å². The minimum absolute atomic E-state index is 0.00492. The van der Waals surface area contributed by atoms with Gasteiger partial charge < -0.3 is 10.4 Å². The van der Waals surface area contributed by atoms with Gasteiger partial charge in [-0.15, -0.1) is 0 Å². The largest absolute Gasteiger partial charge is 0.733 e. The van der Waals surface area contributed by atoms with Crippen LogP contribution in [0.2, 0.25) is 0 Å². The standard InChI is InChI=1S/C12H10NO3S/c14-13(15)11-8-4-5-9-12(11)17(16)10-6-2-1-3-7-10/h1-9,14H/q-1. The van der Waals surface area contributed by atoms with Crippen LogP contribution in [0.15, 0.2) is 64.4 Å². The number of anilines is 1. The first-order chi connectivity index (χ1) is 8.20. The molecule has 0 radical (unpaired) electrons. The minimum Gasteiger partial charge on any atom is -0.733 e. The van der Waals surface area contributed by atoms with Crippen LogP contribution in [0.5, 0.6) is 0 Å². The van der Waals surface area contributed by atoms with Crippen molar-refractivity contribution in [2.24, 2.45) is 0 Å². The molecule has 0 bridgehead atoms. The summed E-state index contributed by atoms with van der Waals surface area (Å²) in [6.07, 6.45) is 0. The van der Waals surface area contributed by atoms with E-state index in [1.165, 1.54) is 6.07 Å². The summed E-state index contributed by atoms with van der Waals surface area (Å²) in [5.74, 6) is 0. The van der Waals surface area contributed by atoms with Crippen molar-refractivity contribution in [2.45, 2.75) is 9.79 Å². The van der Waals surface area contributed by atoms with Crippen molar-refractivity contribution in [1.82, 2.24) is 0 Å². The van der Waals surface area contributed by atoms with E-state index in [-0.39, 0.29) is 15.8 Å². The SMILES string of the molecule is O=S(c1ccccc1)c1ccccc1N([O-])O. The second-order valence-corrected chi connectivity index (χ2v) is 4.77. The Bertz CT molecular complexity index is 528. The van der Waals surface area contributed by atoms with E-state index in [0.717, 1.165) is 0 Å². The molecule has 0 fully saturated rings. The van der Waals surface area contributed by atoms with Gasteiger partial charge >= 0.3 is 0 Å². The maximum absolute atomic E-state index is 12.2. The monoisotopic (exact) mass is 248 g/mol. The summed E-state index contributed by atoms with van der Waals surface area (Å²) in [4.78, 5) is 0.873. The third kappa shape index (κ3) is 2.52. The molecule has 1 N–H and O–H groups in total. The first-order valence-electron chi connectivity index (χ1n) is 4.92. The third-order valence-corrected chi connectivity index (χ3v) is 3.67. The van der Waals surface area contributed by atoms with E-state index in [1.807, 2.05) is 6.07 Å². The smallest absolute Gasteiger partial charge is 0.0871 e. The van der Waals surface area contributed by atoms with Gasteiger partial charge in [0.25, 0.3) is 0 Å². The first kappa shape index (κ1) is 11.8. The molecule has 0 aliphatic heterocycles. The van der Waals surface area contributed by atoms with Crippen LogP contribution in [0.1, 0.15) is 0 Å². The second kappa shape index (κ2) is 5.09. The van der Waals surface area contributed by atoms with Crippen LogP contribution in [-0.4, -0.2) is 9.42 Å². The van der Waals surface area contributed by atoms with Gasteiger partial charge in [0.15, 0.2) is 0 Å². The Morgan fingerprint density at radius 3 is 2.24 bits per heavy atom. The van der Waals surface area contributed by atoms with Crippen LogP contribution in [0.4, 0.5) is 5.69 Å².